The summed E-state index contributed by atoms with van der Waals surface area (Å²) in [5.41, 5.74) is 0. The van der Waals surface area contributed by atoms with E-state index >= 15 is 0 Å². The Morgan fingerprint density at radius 2 is 2.44 bits per heavy atom. The van der Waals surface area contributed by atoms with E-state index < -0.39 is 0 Å². The van der Waals surface area contributed by atoms with Gasteiger partial charge in [-0.05, 0) is 24.4 Å². The van der Waals surface area contributed by atoms with Crippen molar-refractivity contribution in [2.24, 2.45) is 0 Å². The Morgan fingerprint density at radius 1 is 1.67 bits per heavy atom. The van der Waals surface area contributed by atoms with Crippen LogP contribution in [0, 0.1) is 0 Å². The van der Waals surface area contributed by atoms with E-state index in [0.717, 1.165) is 6.04 Å². The number of hydrogen-bond donors (Lipinski definition) is 0. The van der Waals surface area contributed by atoms with Gasteiger partial charge in [0.2, 0.25) is 5.22 Å². The quantitative estimate of drug-likeness (QED) is 0.554. The highest BCUT2D eigenvalue weighted by Gasteiger charge is 2.30. The lowest BCUT2D eigenvalue weighted by atomic mass is 10.6. The van der Waals surface area contributed by atoms with Crippen molar-refractivity contribution in [3.63, 3.8) is 0 Å². The van der Waals surface area contributed by atoms with Gasteiger partial charge in [-0.15, -0.1) is 0 Å². The zero-order valence-electron chi connectivity index (χ0n) is 5.01. The Hall–Kier alpha value is -0.370. The largest absolute Gasteiger partial charge is 0.461 e. The number of rotatable bonds is 1. The molecule has 1 saturated carbocycles. The van der Waals surface area contributed by atoms with Crippen molar-refractivity contribution in [3.8, 4) is 0 Å². The average molecular weight is 146 g/mol. The smallest absolute Gasteiger partial charge is 0.205 e. The first-order chi connectivity index (χ1) is 4.36. The first-order valence-corrected chi connectivity index (χ1v) is 3.50. The molecule has 0 saturated heterocycles. The monoisotopic (exact) mass is 145 g/mol. The predicted octanol–water partition coefficient (Wildman–Crippen LogP) is 1.48. The maximum Gasteiger partial charge on any atom is 0.205 e. The lowest BCUT2D eigenvalue weighted by Gasteiger charge is -2.09. The molecule has 0 radical (unpaired) electrons. The summed E-state index contributed by atoms with van der Waals surface area (Å²) in [6, 6.07) is 0.723. The van der Waals surface area contributed by atoms with Crippen LogP contribution in [0.4, 0.5) is 0 Å². The van der Waals surface area contributed by atoms with E-state index in [0.29, 0.717) is 11.9 Å². The van der Waals surface area contributed by atoms with Crippen molar-refractivity contribution in [2.45, 2.75) is 18.9 Å². The van der Waals surface area contributed by atoms with Gasteiger partial charge < -0.3 is 9.64 Å². The van der Waals surface area contributed by atoms with E-state index in [-0.39, 0.29) is 0 Å². The third-order valence-electron chi connectivity index (χ3n) is 1.63. The van der Waals surface area contributed by atoms with Crippen molar-refractivity contribution in [1.29, 1.82) is 0 Å². The third kappa shape index (κ3) is 0.990. The van der Waals surface area contributed by atoms with Crippen LogP contribution in [0.2, 0.25) is 0 Å². The topological polar surface area (TPSA) is 12.5 Å². The van der Waals surface area contributed by atoms with Gasteiger partial charge in [0.15, 0.2) is 6.73 Å². The van der Waals surface area contributed by atoms with Crippen LogP contribution in [0.1, 0.15) is 12.8 Å². The molecule has 2 rings (SSSR count). The highest BCUT2D eigenvalue weighted by Crippen LogP contribution is 2.30. The molecule has 0 amide bonds. The molecule has 3 heteroatoms. The Labute approximate surface area is 59.0 Å². The van der Waals surface area contributed by atoms with Crippen molar-refractivity contribution in [1.82, 2.24) is 4.90 Å². The molecule has 50 valence electrons. The zero-order chi connectivity index (χ0) is 6.27. The van der Waals surface area contributed by atoms with Gasteiger partial charge in [-0.3, -0.25) is 0 Å². The van der Waals surface area contributed by atoms with Gasteiger partial charge in [0.1, 0.15) is 0 Å². The summed E-state index contributed by atoms with van der Waals surface area (Å²) in [7, 11) is 0. The minimum Gasteiger partial charge on any atom is -0.461 e. The fourth-order valence-corrected chi connectivity index (χ4v) is 1.13. The standard InChI is InChI=1S/C6H8ClNO/c7-6-3-8(4-9-6)5-1-2-5/h3,5H,1-2,4H2. The normalized spacial score (nSPS) is 25.9. The van der Waals surface area contributed by atoms with E-state index in [1.807, 2.05) is 6.20 Å². The maximum absolute atomic E-state index is 5.58. The lowest BCUT2D eigenvalue weighted by molar-refractivity contribution is 0.160. The molecule has 0 aromatic heterocycles. The average Bonchev–Trinajstić information content (AvgIpc) is 2.58. The third-order valence-corrected chi connectivity index (χ3v) is 1.84. The van der Waals surface area contributed by atoms with Crippen molar-refractivity contribution in [3.05, 3.63) is 11.4 Å². The first-order valence-electron chi connectivity index (χ1n) is 3.12. The Morgan fingerprint density at radius 3 is 2.89 bits per heavy atom. The van der Waals surface area contributed by atoms with E-state index in [1.165, 1.54) is 12.8 Å². The van der Waals surface area contributed by atoms with Crippen molar-refractivity contribution in [2.75, 3.05) is 6.73 Å². The van der Waals surface area contributed by atoms with Crippen LogP contribution in [0.25, 0.3) is 0 Å². The second-order valence-corrected chi connectivity index (χ2v) is 2.82. The number of nitrogens with zero attached hydrogens (tertiary/aromatic N) is 1. The van der Waals surface area contributed by atoms with E-state index in [1.54, 1.807) is 0 Å². The van der Waals surface area contributed by atoms with Gasteiger partial charge in [0.05, 0.1) is 6.20 Å². The summed E-state index contributed by atoms with van der Waals surface area (Å²) in [6.45, 7) is 0.656. The molecule has 0 unspecified atom stereocenters. The van der Waals surface area contributed by atoms with Crippen molar-refractivity contribution < 1.29 is 4.74 Å². The fraction of sp³-hybridized carbons (Fsp3) is 0.667. The summed E-state index contributed by atoms with van der Waals surface area (Å²) in [5.74, 6) is 0. The lowest BCUT2D eigenvalue weighted by Crippen LogP contribution is -2.16. The molecule has 0 aromatic rings. The molecule has 2 aliphatic rings. The summed E-state index contributed by atoms with van der Waals surface area (Å²) >= 11 is 5.58. The fourth-order valence-electron chi connectivity index (χ4n) is 0.958. The second-order valence-electron chi connectivity index (χ2n) is 2.45. The summed E-state index contributed by atoms with van der Waals surface area (Å²) < 4.78 is 5.02. The highest BCUT2D eigenvalue weighted by molar-refractivity contribution is 6.28. The minimum absolute atomic E-state index is 0.530. The van der Waals surface area contributed by atoms with Gasteiger partial charge in [-0.2, -0.15) is 0 Å². The second kappa shape index (κ2) is 1.81. The van der Waals surface area contributed by atoms with Crippen LogP contribution in [0.5, 0.6) is 0 Å². The molecule has 1 heterocycles. The van der Waals surface area contributed by atoms with Gasteiger partial charge in [-0.25, -0.2) is 0 Å². The molecule has 1 aliphatic heterocycles. The molecular formula is C6H8ClNO. The van der Waals surface area contributed by atoms with Gasteiger partial charge in [0.25, 0.3) is 0 Å². The predicted molar refractivity (Wildman–Crippen MR) is 34.7 cm³/mol. The molecular weight excluding hydrogens is 138 g/mol. The summed E-state index contributed by atoms with van der Waals surface area (Å²) in [4.78, 5) is 2.14. The molecule has 2 nitrogen and oxygen atoms in total. The molecule has 0 atom stereocenters. The van der Waals surface area contributed by atoms with Crippen LogP contribution in [-0.2, 0) is 4.74 Å². The van der Waals surface area contributed by atoms with Crippen LogP contribution < -0.4 is 0 Å². The van der Waals surface area contributed by atoms with Crippen LogP contribution >= 0.6 is 11.6 Å². The van der Waals surface area contributed by atoms with Gasteiger partial charge in [-0.1, -0.05) is 0 Å². The molecule has 1 aliphatic carbocycles. The van der Waals surface area contributed by atoms with E-state index in [9.17, 15) is 0 Å². The molecule has 9 heavy (non-hydrogen) atoms. The van der Waals surface area contributed by atoms with Crippen molar-refractivity contribution >= 4 is 11.6 Å². The first kappa shape index (κ1) is 5.42. The SMILES string of the molecule is ClC1=CN(C2CC2)CO1. The number of halogens is 1. The summed E-state index contributed by atoms with van der Waals surface area (Å²) in [5, 5.41) is 0.530. The van der Waals surface area contributed by atoms with Gasteiger partial charge >= 0.3 is 0 Å². The maximum atomic E-state index is 5.58. The molecule has 1 fully saturated rings. The van der Waals surface area contributed by atoms with Crippen LogP contribution in [0.15, 0.2) is 11.4 Å². The van der Waals surface area contributed by atoms with Gasteiger partial charge in [0, 0.05) is 6.04 Å². The zero-order valence-corrected chi connectivity index (χ0v) is 5.77. The number of hydrogen-bond acceptors (Lipinski definition) is 2. The van der Waals surface area contributed by atoms with Crippen LogP contribution in [0.3, 0.4) is 0 Å². The Bertz CT molecular complexity index is 153. The summed E-state index contributed by atoms with van der Waals surface area (Å²) in [6.07, 6.45) is 4.47. The van der Waals surface area contributed by atoms with Crippen LogP contribution in [-0.4, -0.2) is 17.7 Å². The number of ether oxygens (including phenoxy) is 1. The molecule has 0 N–H and O–H groups in total. The Balaban J connectivity index is 1.99. The van der Waals surface area contributed by atoms with E-state index in [4.69, 9.17) is 16.3 Å². The Kier molecular flexibility index (Phi) is 1.09. The minimum atomic E-state index is 0.530. The molecule has 0 aromatic carbocycles. The highest BCUT2D eigenvalue weighted by atomic mass is 35.5. The molecule has 0 spiro atoms. The molecule has 0 bridgehead atoms. The van der Waals surface area contributed by atoms with E-state index in [2.05, 4.69) is 4.90 Å².